The molecule has 0 spiro atoms. The molecular weight excluding hydrogens is 406 g/mol. The van der Waals surface area contributed by atoms with Crippen molar-refractivity contribution in [3.63, 3.8) is 0 Å². The van der Waals surface area contributed by atoms with Crippen LogP contribution in [0.1, 0.15) is 67.3 Å². The summed E-state index contributed by atoms with van der Waals surface area (Å²) in [7, 11) is 3.85. The first kappa shape index (κ1) is 23.3. The largest absolute Gasteiger partial charge is 0.477 e. The highest BCUT2D eigenvalue weighted by Gasteiger charge is 2.32. The maximum atomic E-state index is 12.7. The molecule has 0 saturated carbocycles. The number of amides is 1. The van der Waals surface area contributed by atoms with E-state index in [1.54, 1.807) is 16.7 Å². The third-order valence-corrected chi connectivity index (χ3v) is 5.69. The maximum absolute atomic E-state index is 12.7. The van der Waals surface area contributed by atoms with Gasteiger partial charge in [0.15, 0.2) is 5.78 Å². The molecule has 7 nitrogen and oxygen atoms in total. The number of rotatable bonds is 9. The number of carbonyl (C=O) groups is 3. The number of hydrogen-bond donors (Lipinski definition) is 2. The molecular formula is C25H29N3O4. The van der Waals surface area contributed by atoms with E-state index < -0.39 is 5.97 Å². The predicted molar refractivity (Wildman–Crippen MR) is 122 cm³/mol. The number of fused-ring (bicyclic) bond motifs is 1. The van der Waals surface area contributed by atoms with Gasteiger partial charge in [-0.1, -0.05) is 12.1 Å². The number of carboxylic acids is 1. The third-order valence-electron chi connectivity index (χ3n) is 5.69. The van der Waals surface area contributed by atoms with E-state index in [0.717, 1.165) is 17.7 Å². The molecule has 168 valence electrons. The van der Waals surface area contributed by atoms with Crippen LogP contribution in [0.25, 0.3) is 0 Å². The monoisotopic (exact) mass is 435 g/mol. The smallest absolute Gasteiger partial charge is 0.352 e. The van der Waals surface area contributed by atoms with Crippen molar-refractivity contribution in [3.05, 3.63) is 57.9 Å². The molecule has 0 radical (unpaired) electrons. The van der Waals surface area contributed by atoms with Gasteiger partial charge in [-0.25, -0.2) is 4.79 Å². The van der Waals surface area contributed by atoms with Crippen LogP contribution in [0.3, 0.4) is 0 Å². The van der Waals surface area contributed by atoms with E-state index in [1.807, 2.05) is 31.1 Å². The number of Topliss-reactive ketones (excluding diaryl/α,β-unsaturated/α-hetero) is 1. The number of carbonyl (C=O) groups excluding carboxylic acids is 2. The number of aromatic carboxylic acids is 1. The number of benzene rings is 1. The van der Waals surface area contributed by atoms with E-state index in [1.165, 1.54) is 0 Å². The van der Waals surface area contributed by atoms with Crippen LogP contribution in [0.2, 0.25) is 0 Å². The Bertz CT molecular complexity index is 1060. The van der Waals surface area contributed by atoms with E-state index in [0.29, 0.717) is 62.0 Å². The lowest BCUT2D eigenvalue weighted by atomic mass is 9.92. The quantitative estimate of drug-likeness (QED) is 0.467. The van der Waals surface area contributed by atoms with Gasteiger partial charge in [-0.2, -0.15) is 0 Å². The molecule has 7 heteroatoms. The predicted octanol–water partition coefficient (Wildman–Crippen LogP) is 2.61. The Morgan fingerprint density at radius 2 is 1.94 bits per heavy atom. The fourth-order valence-electron chi connectivity index (χ4n) is 4.15. The summed E-state index contributed by atoms with van der Waals surface area (Å²) in [5.74, 6) is 1.28. The molecule has 2 N–H and O–H groups in total. The van der Waals surface area contributed by atoms with Crippen molar-refractivity contribution >= 4 is 17.7 Å². The van der Waals surface area contributed by atoms with Gasteiger partial charge in [-0.15, -0.1) is 12.3 Å². The second kappa shape index (κ2) is 10.3. The van der Waals surface area contributed by atoms with Crippen LogP contribution in [-0.4, -0.2) is 59.4 Å². The van der Waals surface area contributed by atoms with Crippen molar-refractivity contribution in [1.29, 1.82) is 0 Å². The number of ketones is 1. The SMILES string of the molecule is C#CCCNC(=O)c1ccc(Cn2c3c(c(CCN(C)C)c2C(=O)O)C(=O)CCC3)cc1. The Labute approximate surface area is 188 Å². The number of nitrogens with one attached hydrogen (secondary N) is 1. The van der Waals surface area contributed by atoms with Crippen LogP contribution in [0.5, 0.6) is 0 Å². The highest BCUT2D eigenvalue weighted by atomic mass is 16.4. The van der Waals surface area contributed by atoms with Crippen molar-refractivity contribution in [1.82, 2.24) is 14.8 Å². The van der Waals surface area contributed by atoms with Crippen LogP contribution in [0.15, 0.2) is 24.3 Å². The molecule has 1 aliphatic rings. The average molecular weight is 436 g/mol. The van der Waals surface area contributed by atoms with E-state index in [4.69, 9.17) is 6.42 Å². The molecule has 1 aromatic carbocycles. The molecule has 1 aromatic heterocycles. The Kier molecular flexibility index (Phi) is 7.49. The van der Waals surface area contributed by atoms with Crippen molar-refractivity contribution in [2.45, 2.75) is 38.6 Å². The summed E-state index contributed by atoms with van der Waals surface area (Å²) in [6, 6.07) is 7.07. The third kappa shape index (κ3) is 5.09. The fourth-order valence-corrected chi connectivity index (χ4v) is 4.15. The van der Waals surface area contributed by atoms with Gasteiger partial charge < -0.3 is 19.9 Å². The first-order chi connectivity index (χ1) is 15.3. The zero-order valence-corrected chi connectivity index (χ0v) is 18.6. The van der Waals surface area contributed by atoms with Gasteiger partial charge in [0.1, 0.15) is 5.69 Å². The summed E-state index contributed by atoms with van der Waals surface area (Å²) in [6.07, 6.45) is 8.03. The Morgan fingerprint density at radius 3 is 2.56 bits per heavy atom. The average Bonchev–Trinajstić information content (AvgIpc) is 3.07. The number of carboxylic acid groups (broad SMARTS) is 1. The summed E-state index contributed by atoms with van der Waals surface area (Å²) in [4.78, 5) is 39.2. The molecule has 0 unspecified atom stereocenters. The standard InChI is InChI=1S/C25H29N3O4/c1-4-5-14-26-24(30)18-11-9-17(10-12-18)16-28-20-7-6-8-21(29)22(20)19(13-15-27(2)3)23(28)25(31)32/h1,9-12H,5-8,13-16H2,2-3H3,(H,26,30)(H,31,32). The Hall–Kier alpha value is -3.37. The number of terminal acetylenes is 1. The summed E-state index contributed by atoms with van der Waals surface area (Å²) < 4.78 is 1.78. The minimum atomic E-state index is -1.02. The van der Waals surface area contributed by atoms with Crippen LogP contribution in [0.4, 0.5) is 0 Å². The van der Waals surface area contributed by atoms with Gasteiger partial charge >= 0.3 is 5.97 Å². The summed E-state index contributed by atoms with van der Waals surface area (Å²) in [5.41, 5.74) is 3.62. The molecule has 1 amide bonds. The second-order valence-corrected chi connectivity index (χ2v) is 8.28. The van der Waals surface area contributed by atoms with Crippen molar-refractivity contribution in [2.24, 2.45) is 0 Å². The molecule has 0 atom stereocenters. The lowest BCUT2D eigenvalue weighted by molar-refractivity contribution is 0.0683. The molecule has 32 heavy (non-hydrogen) atoms. The lowest BCUT2D eigenvalue weighted by Crippen LogP contribution is -2.24. The Morgan fingerprint density at radius 1 is 1.22 bits per heavy atom. The first-order valence-electron chi connectivity index (χ1n) is 10.8. The number of aromatic nitrogens is 1. The van der Waals surface area contributed by atoms with Crippen molar-refractivity contribution in [3.8, 4) is 12.3 Å². The Balaban J connectivity index is 1.93. The minimum Gasteiger partial charge on any atom is -0.477 e. The molecule has 0 aliphatic heterocycles. The number of hydrogen-bond acceptors (Lipinski definition) is 4. The summed E-state index contributed by atoms with van der Waals surface area (Å²) >= 11 is 0. The van der Waals surface area contributed by atoms with E-state index in [2.05, 4.69) is 11.2 Å². The van der Waals surface area contributed by atoms with Gasteiger partial charge in [0.05, 0.1) is 0 Å². The van der Waals surface area contributed by atoms with Gasteiger partial charge in [-0.05, 0) is 56.6 Å². The van der Waals surface area contributed by atoms with Gasteiger partial charge in [0.2, 0.25) is 0 Å². The molecule has 1 aliphatic carbocycles. The van der Waals surface area contributed by atoms with E-state index >= 15 is 0 Å². The van der Waals surface area contributed by atoms with Crippen LogP contribution >= 0.6 is 0 Å². The van der Waals surface area contributed by atoms with E-state index in [9.17, 15) is 19.5 Å². The molecule has 3 rings (SSSR count). The fraction of sp³-hybridized carbons (Fsp3) is 0.400. The minimum absolute atomic E-state index is 0.0280. The van der Waals surface area contributed by atoms with Crippen molar-refractivity contribution in [2.75, 3.05) is 27.2 Å². The number of likely N-dealkylation sites (N-methyl/N-ethyl adjacent to an activating group) is 1. The maximum Gasteiger partial charge on any atom is 0.352 e. The van der Waals surface area contributed by atoms with Gasteiger partial charge in [0, 0.05) is 49.3 Å². The molecule has 0 bridgehead atoms. The summed E-state index contributed by atoms with van der Waals surface area (Å²) in [5, 5.41) is 12.8. The molecule has 1 heterocycles. The summed E-state index contributed by atoms with van der Waals surface area (Å²) in [6.45, 7) is 1.41. The normalized spacial score (nSPS) is 13.0. The molecule has 2 aromatic rings. The number of nitrogens with zero attached hydrogens (tertiary/aromatic N) is 2. The van der Waals surface area contributed by atoms with Crippen molar-refractivity contribution < 1.29 is 19.5 Å². The second-order valence-electron chi connectivity index (χ2n) is 8.28. The highest BCUT2D eigenvalue weighted by molar-refractivity contribution is 6.03. The van der Waals surface area contributed by atoms with Crippen LogP contribution < -0.4 is 5.32 Å². The van der Waals surface area contributed by atoms with Crippen LogP contribution in [-0.2, 0) is 19.4 Å². The molecule has 0 fully saturated rings. The van der Waals surface area contributed by atoms with Gasteiger partial charge in [-0.3, -0.25) is 9.59 Å². The highest BCUT2D eigenvalue weighted by Crippen LogP contribution is 2.31. The first-order valence-corrected chi connectivity index (χ1v) is 10.8. The molecule has 0 saturated heterocycles. The zero-order valence-electron chi connectivity index (χ0n) is 18.6. The van der Waals surface area contributed by atoms with Gasteiger partial charge in [0.25, 0.3) is 5.91 Å². The van der Waals surface area contributed by atoms with E-state index in [-0.39, 0.29) is 17.4 Å². The zero-order chi connectivity index (χ0) is 23.3. The van der Waals surface area contributed by atoms with Crippen LogP contribution in [0, 0.1) is 12.3 Å². The topological polar surface area (TPSA) is 91.6 Å². The lowest BCUT2D eigenvalue weighted by Gasteiger charge is -2.16.